The van der Waals surface area contributed by atoms with Gasteiger partial charge in [0.25, 0.3) is 5.69 Å². The highest BCUT2D eigenvalue weighted by Gasteiger charge is 2.13. The maximum Gasteiger partial charge on any atom is 0.269 e. The molecule has 2 heterocycles. The number of aromatic nitrogens is 1. The van der Waals surface area contributed by atoms with Crippen LogP contribution in [0.3, 0.4) is 0 Å². The fourth-order valence-electron chi connectivity index (χ4n) is 2.70. The SMILES string of the molecule is Cn1ccc2cc(N)ccc21.O=[N+]([O-])c1ccc2c(c1)CCN2. The fraction of sp³-hybridized carbons (Fsp3) is 0.176. The average Bonchev–Trinajstić information content (AvgIpc) is 3.14. The van der Waals surface area contributed by atoms with Crippen molar-refractivity contribution in [1.29, 1.82) is 0 Å². The van der Waals surface area contributed by atoms with E-state index in [1.54, 1.807) is 12.1 Å². The van der Waals surface area contributed by atoms with Crippen molar-refractivity contribution in [2.45, 2.75) is 6.42 Å². The zero-order valence-corrected chi connectivity index (χ0v) is 12.8. The Hall–Kier alpha value is -3.02. The van der Waals surface area contributed by atoms with Gasteiger partial charge in [-0.15, -0.1) is 0 Å². The molecule has 6 heteroatoms. The molecule has 118 valence electrons. The molecule has 0 atom stereocenters. The van der Waals surface area contributed by atoms with Gasteiger partial charge in [-0.05, 0) is 42.3 Å². The number of anilines is 2. The number of aryl methyl sites for hydroxylation is 1. The number of non-ortho nitro benzene ring substituents is 1. The van der Waals surface area contributed by atoms with E-state index in [4.69, 9.17) is 5.73 Å². The van der Waals surface area contributed by atoms with Gasteiger partial charge < -0.3 is 15.6 Å². The number of hydrogen-bond donors (Lipinski definition) is 2. The maximum absolute atomic E-state index is 10.4. The van der Waals surface area contributed by atoms with Gasteiger partial charge in [0.1, 0.15) is 0 Å². The maximum atomic E-state index is 10.4. The van der Waals surface area contributed by atoms with E-state index in [1.165, 1.54) is 17.0 Å². The van der Waals surface area contributed by atoms with E-state index in [0.717, 1.165) is 29.9 Å². The second kappa shape index (κ2) is 6.00. The second-order valence-electron chi connectivity index (χ2n) is 5.52. The summed E-state index contributed by atoms with van der Waals surface area (Å²) in [4.78, 5) is 10.0. The monoisotopic (exact) mass is 310 g/mol. The Bertz CT molecular complexity index is 870. The Labute approximate surface area is 133 Å². The minimum Gasteiger partial charge on any atom is -0.399 e. The molecular formula is C17H18N4O2. The fourth-order valence-corrected chi connectivity index (χ4v) is 2.70. The number of nitro benzene ring substituents is 1. The molecular weight excluding hydrogens is 292 g/mol. The number of fused-ring (bicyclic) bond motifs is 2. The Morgan fingerprint density at radius 1 is 1.22 bits per heavy atom. The Kier molecular flexibility index (Phi) is 3.89. The second-order valence-corrected chi connectivity index (χ2v) is 5.52. The molecule has 23 heavy (non-hydrogen) atoms. The molecule has 0 saturated heterocycles. The van der Waals surface area contributed by atoms with Gasteiger partial charge in [-0.3, -0.25) is 10.1 Å². The summed E-state index contributed by atoms with van der Waals surface area (Å²) in [7, 11) is 2.03. The normalized spacial score (nSPS) is 12.2. The predicted octanol–water partition coefficient (Wildman–Crippen LogP) is 3.32. The van der Waals surface area contributed by atoms with Crippen LogP contribution in [-0.2, 0) is 13.5 Å². The molecule has 0 bridgehead atoms. The lowest BCUT2D eigenvalue weighted by Gasteiger charge is -1.97. The van der Waals surface area contributed by atoms with Crippen molar-refractivity contribution in [1.82, 2.24) is 4.57 Å². The summed E-state index contributed by atoms with van der Waals surface area (Å²) in [5.41, 5.74) is 9.92. The van der Waals surface area contributed by atoms with Crippen LogP contribution in [0.4, 0.5) is 17.1 Å². The lowest BCUT2D eigenvalue weighted by Crippen LogP contribution is -1.90. The van der Waals surface area contributed by atoms with Crippen LogP contribution in [0.5, 0.6) is 0 Å². The summed E-state index contributed by atoms with van der Waals surface area (Å²) in [5.74, 6) is 0. The van der Waals surface area contributed by atoms with Crippen LogP contribution in [0.25, 0.3) is 10.9 Å². The van der Waals surface area contributed by atoms with Crippen LogP contribution in [0.2, 0.25) is 0 Å². The van der Waals surface area contributed by atoms with Crippen molar-refractivity contribution in [3.8, 4) is 0 Å². The quantitative estimate of drug-likeness (QED) is 0.410. The van der Waals surface area contributed by atoms with Crippen LogP contribution in [-0.4, -0.2) is 16.0 Å². The van der Waals surface area contributed by atoms with Gasteiger partial charge in [0.2, 0.25) is 0 Å². The molecule has 0 amide bonds. The molecule has 1 aliphatic heterocycles. The first-order valence-electron chi connectivity index (χ1n) is 7.36. The highest BCUT2D eigenvalue weighted by atomic mass is 16.6. The van der Waals surface area contributed by atoms with E-state index in [9.17, 15) is 10.1 Å². The van der Waals surface area contributed by atoms with Gasteiger partial charge in [0.15, 0.2) is 0 Å². The zero-order chi connectivity index (χ0) is 16.4. The van der Waals surface area contributed by atoms with E-state index in [1.807, 2.05) is 31.4 Å². The van der Waals surface area contributed by atoms with Gasteiger partial charge in [-0.25, -0.2) is 0 Å². The summed E-state index contributed by atoms with van der Waals surface area (Å²) >= 11 is 0. The number of nitrogen functional groups attached to an aromatic ring is 1. The topological polar surface area (TPSA) is 86.1 Å². The molecule has 6 nitrogen and oxygen atoms in total. The molecule has 3 aromatic rings. The van der Waals surface area contributed by atoms with Gasteiger partial charge in [0.05, 0.1) is 4.92 Å². The average molecular weight is 310 g/mol. The molecule has 4 rings (SSSR count). The van der Waals surface area contributed by atoms with E-state index in [0.29, 0.717) is 0 Å². The van der Waals surface area contributed by atoms with Gasteiger partial charge in [-0.2, -0.15) is 0 Å². The molecule has 0 aliphatic carbocycles. The van der Waals surface area contributed by atoms with Crippen molar-refractivity contribution in [3.63, 3.8) is 0 Å². The number of nitrogens with zero attached hydrogens (tertiary/aromatic N) is 2. The standard InChI is InChI=1S/C9H10N2.C8H8N2O2/c1-11-5-4-7-6-8(10)2-3-9(7)11;11-10(12)7-1-2-8-6(5-7)3-4-9-8/h2-6H,10H2,1H3;1-2,5,9H,3-4H2. The summed E-state index contributed by atoms with van der Waals surface area (Å²) in [6, 6.07) is 12.9. The number of nitrogens with two attached hydrogens (primary N) is 1. The summed E-state index contributed by atoms with van der Waals surface area (Å²) in [5, 5.41) is 14.7. The molecule has 1 aromatic heterocycles. The first-order chi connectivity index (χ1) is 11.0. The van der Waals surface area contributed by atoms with E-state index in [2.05, 4.69) is 16.0 Å². The molecule has 1 aliphatic rings. The first-order valence-corrected chi connectivity index (χ1v) is 7.36. The molecule has 0 fully saturated rings. The molecule has 3 N–H and O–H groups in total. The highest BCUT2D eigenvalue weighted by Crippen LogP contribution is 2.26. The third kappa shape index (κ3) is 3.11. The van der Waals surface area contributed by atoms with Crippen LogP contribution in [0.15, 0.2) is 48.7 Å². The van der Waals surface area contributed by atoms with Crippen LogP contribution in [0, 0.1) is 10.1 Å². The number of nitrogens with one attached hydrogen (secondary N) is 1. The zero-order valence-electron chi connectivity index (χ0n) is 12.8. The largest absolute Gasteiger partial charge is 0.399 e. The number of rotatable bonds is 1. The van der Waals surface area contributed by atoms with Crippen LogP contribution >= 0.6 is 0 Å². The van der Waals surface area contributed by atoms with Crippen molar-refractivity contribution in [2.24, 2.45) is 7.05 Å². The number of benzene rings is 2. The Morgan fingerprint density at radius 3 is 2.83 bits per heavy atom. The van der Waals surface area contributed by atoms with E-state index in [-0.39, 0.29) is 10.6 Å². The van der Waals surface area contributed by atoms with Crippen molar-refractivity contribution >= 4 is 28.0 Å². The molecule has 0 radical (unpaired) electrons. The lowest BCUT2D eigenvalue weighted by atomic mass is 10.1. The Balaban J connectivity index is 0.000000136. The smallest absolute Gasteiger partial charge is 0.269 e. The summed E-state index contributed by atoms with van der Waals surface area (Å²) in [6.07, 6.45) is 2.92. The minimum atomic E-state index is -0.362. The number of nitro groups is 1. The van der Waals surface area contributed by atoms with E-state index < -0.39 is 0 Å². The minimum absolute atomic E-state index is 0.178. The first kappa shape index (κ1) is 14.9. The van der Waals surface area contributed by atoms with Crippen LogP contribution < -0.4 is 11.1 Å². The van der Waals surface area contributed by atoms with Crippen molar-refractivity contribution in [2.75, 3.05) is 17.6 Å². The van der Waals surface area contributed by atoms with Gasteiger partial charge >= 0.3 is 0 Å². The summed E-state index contributed by atoms with van der Waals surface area (Å²) in [6.45, 7) is 0.885. The van der Waals surface area contributed by atoms with Crippen molar-refractivity contribution < 1.29 is 4.92 Å². The van der Waals surface area contributed by atoms with Crippen molar-refractivity contribution in [3.05, 3.63) is 64.3 Å². The van der Waals surface area contributed by atoms with Gasteiger partial charge in [-0.1, -0.05) is 0 Å². The third-order valence-corrected chi connectivity index (χ3v) is 3.92. The molecule has 0 spiro atoms. The third-order valence-electron chi connectivity index (χ3n) is 3.92. The number of hydrogen-bond acceptors (Lipinski definition) is 4. The van der Waals surface area contributed by atoms with Gasteiger partial charge in [0, 0.05) is 54.2 Å². The van der Waals surface area contributed by atoms with Crippen LogP contribution in [0.1, 0.15) is 5.56 Å². The molecule has 0 saturated carbocycles. The molecule has 0 unspecified atom stereocenters. The molecule has 2 aromatic carbocycles. The highest BCUT2D eigenvalue weighted by molar-refractivity contribution is 5.83. The lowest BCUT2D eigenvalue weighted by molar-refractivity contribution is -0.384. The Morgan fingerprint density at radius 2 is 2.04 bits per heavy atom. The van der Waals surface area contributed by atoms with E-state index >= 15 is 0 Å². The summed E-state index contributed by atoms with van der Waals surface area (Å²) < 4.78 is 2.08. The predicted molar refractivity (Wildman–Crippen MR) is 92.6 cm³/mol.